The second kappa shape index (κ2) is 4.01. The lowest BCUT2D eigenvalue weighted by atomic mass is 10.2. The van der Waals surface area contributed by atoms with Crippen LogP contribution >= 0.6 is 0 Å². The normalized spacial score (nSPS) is 20.7. The summed E-state index contributed by atoms with van der Waals surface area (Å²) in [5.74, 6) is 0.148. The van der Waals surface area contributed by atoms with E-state index in [-0.39, 0.29) is 11.7 Å². The number of nitrogens with zero attached hydrogens (tertiary/aromatic N) is 1. The Morgan fingerprint density at radius 1 is 1.53 bits per heavy atom. The Morgan fingerprint density at radius 3 is 2.93 bits per heavy atom. The van der Waals surface area contributed by atoms with Crippen molar-refractivity contribution < 1.29 is 9.18 Å². The van der Waals surface area contributed by atoms with Gasteiger partial charge in [0, 0.05) is 18.7 Å². The van der Waals surface area contributed by atoms with Crippen LogP contribution in [0.25, 0.3) is 0 Å². The Kier molecular flexibility index (Phi) is 2.71. The number of carbonyl (C=O) groups excluding carboxylic acids is 1. The third kappa shape index (κ3) is 2.17. The predicted octanol–water partition coefficient (Wildman–Crippen LogP) is 2.31. The van der Waals surface area contributed by atoms with Crippen molar-refractivity contribution in [3.8, 4) is 0 Å². The van der Waals surface area contributed by atoms with Crippen LogP contribution in [-0.4, -0.2) is 23.9 Å². The first-order valence-corrected chi connectivity index (χ1v) is 5.21. The molecule has 1 aromatic rings. The Bertz CT molecular complexity index is 378. The van der Waals surface area contributed by atoms with Crippen molar-refractivity contribution in [3.05, 3.63) is 35.6 Å². The lowest BCUT2D eigenvalue weighted by Gasteiger charge is -2.15. The van der Waals surface area contributed by atoms with E-state index in [1.807, 2.05) is 0 Å². The van der Waals surface area contributed by atoms with Crippen LogP contribution in [0, 0.1) is 11.7 Å². The van der Waals surface area contributed by atoms with Gasteiger partial charge in [0.1, 0.15) is 5.82 Å². The lowest BCUT2D eigenvalue weighted by Crippen LogP contribution is -2.28. The zero-order chi connectivity index (χ0) is 10.8. The van der Waals surface area contributed by atoms with Gasteiger partial charge in [0.2, 0.25) is 0 Å². The average Bonchev–Trinajstić information content (AvgIpc) is 2.64. The smallest absolute Gasteiger partial charge is 0.253 e. The molecule has 0 bridgehead atoms. The van der Waals surface area contributed by atoms with Crippen LogP contribution in [0.4, 0.5) is 4.39 Å². The maximum absolute atomic E-state index is 12.9. The number of benzene rings is 1. The molecule has 0 N–H and O–H groups in total. The number of hydrogen-bond acceptors (Lipinski definition) is 1. The van der Waals surface area contributed by atoms with Crippen LogP contribution in [0.15, 0.2) is 24.3 Å². The van der Waals surface area contributed by atoms with Crippen LogP contribution in [-0.2, 0) is 0 Å². The highest BCUT2D eigenvalue weighted by molar-refractivity contribution is 5.94. The van der Waals surface area contributed by atoms with E-state index in [9.17, 15) is 9.18 Å². The van der Waals surface area contributed by atoms with Gasteiger partial charge in [0.05, 0.1) is 0 Å². The molecule has 15 heavy (non-hydrogen) atoms. The fourth-order valence-corrected chi connectivity index (χ4v) is 1.92. The Labute approximate surface area is 88.7 Å². The van der Waals surface area contributed by atoms with Crippen LogP contribution in [0.1, 0.15) is 23.7 Å². The molecule has 0 spiro atoms. The number of halogens is 1. The van der Waals surface area contributed by atoms with E-state index >= 15 is 0 Å². The second-order valence-electron chi connectivity index (χ2n) is 4.16. The molecule has 1 amide bonds. The molecule has 2 nitrogen and oxygen atoms in total. The largest absolute Gasteiger partial charge is 0.338 e. The summed E-state index contributed by atoms with van der Waals surface area (Å²) in [5, 5.41) is 0. The van der Waals surface area contributed by atoms with Crippen molar-refractivity contribution in [1.82, 2.24) is 4.90 Å². The van der Waals surface area contributed by atoms with Crippen LogP contribution in [0.2, 0.25) is 0 Å². The van der Waals surface area contributed by atoms with E-state index in [2.05, 4.69) is 6.92 Å². The zero-order valence-corrected chi connectivity index (χ0v) is 8.74. The fourth-order valence-electron chi connectivity index (χ4n) is 1.92. The molecule has 1 aromatic carbocycles. The predicted molar refractivity (Wildman–Crippen MR) is 56.1 cm³/mol. The third-order valence-electron chi connectivity index (χ3n) is 2.78. The van der Waals surface area contributed by atoms with Crippen LogP contribution in [0.5, 0.6) is 0 Å². The first kappa shape index (κ1) is 10.1. The summed E-state index contributed by atoms with van der Waals surface area (Å²) < 4.78 is 12.9. The summed E-state index contributed by atoms with van der Waals surface area (Å²) in [6.45, 7) is 3.70. The number of amides is 1. The molecule has 1 saturated heterocycles. The molecule has 0 saturated carbocycles. The van der Waals surface area contributed by atoms with Gasteiger partial charge >= 0.3 is 0 Å². The molecule has 0 aliphatic carbocycles. The van der Waals surface area contributed by atoms with Gasteiger partial charge in [-0.3, -0.25) is 4.79 Å². The van der Waals surface area contributed by atoms with Crippen molar-refractivity contribution >= 4 is 5.91 Å². The molecule has 3 heteroatoms. The van der Waals surface area contributed by atoms with Crippen LogP contribution in [0.3, 0.4) is 0 Å². The van der Waals surface area contributed by atoms with E-state index < -0.39 is 0 Å². The summed E-state index contributed by atoms with van der Waals surface area (Å²) in [6, 6.07) is 5.88. The molecule has 1 fully saturated rings. The van der Waals surface area contributed by atoms with E-state index in [1.54, 1.807) is 17.0 Å². The topological polar surface area (TPSA) is 20.3 Å². The molecule has 1 unspecified atom stereocenters. The zero-order valence-electron chi connectivity index (χ0n) is 8.74. The lowest BCUT2D eigenvalue weighted by molar-refractivity contribution is 0.0787. The highest BCUT2D eigenvalue weighted by Gasteiger charge is 2.24. The van der Waals surface area contributed by atoms with Crippen molar-refractivity contribution in [2.24, 2.45) is 5.92 Å². The maximum atomic E-state index is 12.9. The molecular formula is C12H14FNO. The van der Waals surface area contributed by atoms with Crippen LogP contribution < -0.4 is 0 Å². The number of hydrogen-bond donors (Lipinski definition) is 0. The number of likely N-dealkylation sites (tertiary alicyclic amines) is 1. The van der Waals surface area contributed by atoms with Gasteiger partial charge in [-0.15, -0.1) is 0 Å². The number of rotatable bonds is 1. The van der Waals surface area contributed by atoms with Gasteiger partial charge in [-0.2, -0.15) is 0 Å². The van der Waals surface area contributed by atoms with Crippen molar-refractivity contribution in [1.29, 1.82) is 0 Å². The second-order valence-corrected chi connectivity index (χ2v) is 4.16. The molecule has 0 aromatic heterocycles. The Morgan fingerprint density at radius 2 is 2.33 bits per heavy atom. The first-order chi connectivity index (χ1) is 7.16. The molecular weight excluding hydrogens is 193 g/mol. The van der Waals surface area contributed by atoms with E-state index in [1.165, 1.54) is 12.1 Å². The molecule has 0 radical (unpaired) electrons. The van der Waals surface area contributed by atoms with Gasteiger partial charge < -0.3 is 4.90 Å². The molecule has 1 atom stereocenters. The van der Waals surface area contributed by atoms with E-state index in [4.69, 9.17) is 0 Å². The molecule has 1 aliphatic heterocycles. The quantitative estimate of drug-likeness (QED) is 0.692. The summed E-state index contributed by atoms with van der Waals surface area (Å²) >= 11 is 0. The summed E-state index contributed by atoms with van der Waals surface area (Å²) in [6.07, 6.45) is 1.04. The Hall–Kier alpha value is -1.38. The number of carbonyl (C=O) groups is 1. The average molecular weight is 207 g/mol. The SMILES string of the molecule is CC1CCN(C(=O)c2cccc(F)c2)C1. The first-order valence-electron chi connectivity index (χ1n) is 5.21. The highest BCUT2D eigenvalue weighted by Crippen LogP contribution is 2.18. The molecule has 1 heterocycles. The standard InChI is InChI=1S/C12H14FNO/c1-9-5-6-14(8-9)12(15)10-3-2-4-11(13)7-10/h2-4,7,9H,5-6,8H2,1H3. The summed E-state index contributed by atoms with van der Waals surface area (Å²) in [5.41, 5.74) is 0.448. The summed E-state index contributed by atoms with van der Waals surface area (Å²) in [4.78, 5) is 13.7. The van der Waals surface area contributed by atoms with E-state index in [0.29, 0.717) is 11.5 Å². The van der Waals surface area contributed by atoms with Crippen molar-refractivity contribution in [2.45, 2.75) is 13.3 Å². The monoisotopic (exact) mass is 207 g/mol. The van der Waals surface area contributed by atoms with Gasteiger partial charge in [-0.05, 0) is 30.5 Å². The molecule has 2 rings (SSSR count). The maximum Gasteiger partial charge on any atom is 0.253 e. The van der Waals surface area contributed by atoms with Gasteiger partial charge in [0.15, 0.2) is 0 Å². The minimum atomic E-state index is -0.354. The van der Waals surface area contributed by atoms with Gasteiger partial charge in [0.25, 0.3) is 5.91 Å². The van der Waals surface area contributed by atoms with Gasteiger partial charge in [-0.1, -0.05) is 13.0 Å². The highest BCUT2D eigenvalue weighted by atomic mass is 19.1. The minimum absolute atomic E-state index is 0.0566. The van der Waals surface area contributed by atoms with Gasteiger partial charge in [-0.25, -0.2) is 4.39 Å². The molecule has 1 aliphatic rings. The van der Waals surface area contributed by atoms with Crippen molar-refractivity contribution in [2.75, 3.05) is 13.1 Å². The minimum Gasteiger partial charge on any atom is -0.338 e. The summed E-state index contributed by atoms with van der Waals surface area (Å²) in [7, 11) is 0. The Balaban J connectivity index is 2.14. The van der Waals surface area contributed by atoms with E-state index in [0.717, 1.165) is 19.5 Å². The fraction of sp³-hybridized carbons (Fsp3) is 0.417. The van der Waals surface area contributed by atoms with Crippen molar-refractivity contribution in [3.63, 3.8) is 0 Å². The third-order valence-corrected chi connectivity index (χ3v) is 2.78. The molecule has 80 valence electrons.